The molecule has 16 heavy (non-hydrogen) atoms. The standard InChI is InChI=1S/C13H27NO2/c1-5-7-11(8-6-2)13(16)14-12(9-15)10(3)4/h10-12,15H,5-9H2,1-4H3,(H,14,16). The number of carbonyl (C=O) groups is 1. The molecule has 0 aliphatic heterocycles. The van der Waals surface area contributed by atoms with Crippen LogP contribution in [-0.2, 0) is 4.79 Å². The minimum absolute atomic E-state index is 0.0222. The molecule has 0 aliphatic carbocycles. The van der Waals surface area contributed by atoms with Crippen LogP contribution in [0.3, 0.4) is 0 Å². The van der Waals surface area contributed by atoms with Crippen molar-refractivity contribution in [3.8, 4) is 0 Å². The first-order valence-electron chi connectivity index (χ1n) is 6.47. The number of hydrogen-bond acceptors (Lipinski definition) is 2. The van der Waals surface area contributed by atoms with Gasteiger partial charge in [0.2, 0.25) is 5.91 Å². The topological polar surface area (TPSA) is 49.3 Å². The van der Waals surface area contributed by atoms with Crippen LogP contribution in [0.15, 0.2) is 0 Å². The molecule has 0 bridgehead atoms. The Morgan fingerprint density at radius 2 is 1.69 bits per heavy atom. The van der Waals surface area contributed by atoms with E-state index in [1.54, 1.807) is 0 Å². The van der Waals surface area contributed by atoms with Crippen molar-refractivity contribution in [1.29, 1.82) is 0 Å². The van der Waals surface area contributed by atoms with Crippen molar-refractivity contribution >= 4 is 5.91 Å². The van der Waals surface area contributed by atoms with Crippen molar-refractivity contribution in [3.63, 3.8) is 0 Å². The van der Waals surface area contributed by atoms with Crippen LogP contribution in [0, 0.1) is 11.8 Å². The predicted octanol–water partition coefficient (Wildman–Crippen LogP) is 2.34. The molecular weight excluding hydrogens is 202 g/mol. The summed E-state index contributed by atoms with van der Waals surface area (Å²) in [6, 6.07) is -0.108. The van der Waals surface area contributed by atoms with Crippen LogP contribution in [0.2, 0.25) is 0 Å². The number of amides is 1. The van der Waals surface area contributed by atoms with E-state index in [0.29, 0.717) is 0 Å². The van der Waals surface area contributed by atoms with Crippen molar-refractivity contribution in [1.82, 2.24) is 5.32 Å². The third kappa shape index (κ3) is 5.50. The van der Waals surface area contributed by atoms with Gasteiger partial charge in [0.05, 0.1) is 12.6 Å². The normalized spacial score (nSPS) is 13.2. The van der Waals surface area contributed by atoms with Gasteiger partial charge in [0, 0.05) is 5.92 Å². The lowest BCUT2D eigenvalue weighted by atomic mass is 9.96. The molecule has 0 saturated heterocycles. The molecule has 0 aromatic rings. The van der Waals surface area contributed by atoms with Crippen LogP contribution in [0.4, 0.5) is 0 Å². The summed E-state index contributed by atoms with van der Waals surface area (Å²) in [6.45, 7) is 8.24. The van der Waals surface area contributed by atoms with E-state index < -0.39 is 0 Å². The lowest BCUT2D eigenvalue weighted by Crippen LogP contribution is -2.44. The number of hydrogen-bond donors (Lipinski definition) is 2. The van der Waals surface area contributed by atoms with Gasteiger partial charge < -0.3 is 10.4 Å². The zero-order chi connectivity index (χ0) is 12.6. The summed E-state index contributed by atoms with van der Waals surface area (Å²) in [5, 5.41) is 12.1. The highest BCUT2D eigenvalue weighted by molar-refractivity contribution is 5.78. The Hall–Kier alpha value is -0.570. The molecule has 3 heteroatoms. The molecule has 0 rings (SSSR count). The Labute approximate surface area is 99.6 Å². The van der Waals surface area contributed by atoms with Crippen LogP contribution in [0.25, 0.3) is 0 Å². The third-order valence-corrected chi connectivity index (χ3v) is 2.97. The molecular formula is C13H27NO2. The van der Waals surface area contributed by atoms with Gasteiger partial charge in [-0.2, -0.15) is 0 Å². The lowest BCUT2D eigenvalue weighted by molar-refractivity contribution is -0.126. The number of nitrogens with one attached hydrogen (secondary N) is 1. The Morgan fingerprint density at radius 3 is 2.00 bits per heavy atom. The van der Waals surface area contributed by atoms with Gasteiger partial charge in [-0.3, -0.25) is 4.79 Å². The highest BCUT2D eigenvalue weighted by Crippen LogP contribution is 2.14. The highest BCUT2D eigenvalue weighted by Gasteiger charge is 2.21. The lowest BCUT2D eigenvalue weighted by Gasteiger charge is -2.23. The summed E-state index contributed by atoms with van der Waals surface area (Å²) >= 11 is 0. The molecule has 3 nitrogen and oxygen atoms in total. The summed E-state index contributed by atoms with van der Waals surface area (Å²) in [7, 11) is 0. The first kappa shape index (κ1) is 15.4. The molecule has 0 aromatic heterocycles. The van der Waals surface area contributed by atoms with Crippen LogP contribution in [-0.4, -0.2) is 23.7 Å². The van der Waals surface area contributed by atoms with Crippen LogP contribution in [0.5, 0.6) is 0 Å². The molecule has 0 heterocycles. The van der Waals surface area contributed by atoms with Gasteiger partial charge in [0.15, 0.2) is 0 Å². The minimum Gasteiger partial charge on any atom is -0.394 e. The van der Waals surface area contributed by atoms with Gasteiger partial charge in [-0.25, -0.2) is 0 Å². The van der Waals surface area contributed by atoms with Gasteiger partial charge in [-0.1, -0.05) is 40.5 Å². The number of aliphatic hydroxyl groups excluding tert-OH is 1. The average molecular weight is 229 g/mol. The minimum atomic E-state index is -0.108. The second kappa shape index (κ2) is 8.57. The van der Waals surface area contributed by atoms with Crippen molar-refractivity contribution < 1.29 is 9.90 Å². The summed E-state index contributed by atoms with van der Waals surface area (Å²) in [5.41, 5.74) is 0. The van der Waals surface area contributed by atoms with E-state index in [-0.39, 0.29) is 30.4 Å². The second-order valence-electron chi connectivity index (χ2n) is 4.82. The number of carbonyl (C=O) groups excluding carboxylic acids is 1. The van der Waals surface area contributed by atoms with E-state index in [0.717, 1.165) is 25.7 Å². The van der Waals surface area contributed by atoms with Gasteiger partial charge in [0.25, 0.3) is 0 Å². The zero-order valence-corrected chi connectivity index (χ0v) is 11.1. The summed E-state index contributed by atoms with van der Waals surface area (Å²) in [5.74, 6) is 0.497. The maximum atomic E-state index is 12.0. The van der Waals surface area contributed by atoms with Crippen LogP contribution >= 0.6 is 0 Å². The smallest absolute Gasteiger partial charge is 0.223 e. The molecule has 1 unspecified atom stereocenters. The first-order valence-corrected chi connectivity index (χ1v) is 6.47. The predicted molar refractivity (Wildman–Crippen MR) is 67.2 cm³/mol. The molecule has 0 fully saturated rings. The Kier molecular flexibility index (Phi) is 8.26. The zero-order valence-electron chi connectivity index (χ0n) is 11.1. The van der Waals surface area contributed by atoms with Gasteiger partial charge >= 0.3 is 0 Å². The average Bonchev–Trinajstić information content (AvgIpc) is 2.24. The summed E-state index contributed by atoms with van der Waals surface area (Å²) in [4.78, 5) is 12.0. The van der Waals surface area contributed by atoms with Gasteiger partial charge in [0.1, 0.15) is 0 Å². The van der Waals surface area contributed by atoms with Crippen molar-refractivity contribution in [2.45, 2.75) is 59.4 Å². The monoisotopic (exact) mass is 229 g/mol. The number of rotatable bonds is 8. The van der Waals surface area contributed by atoms with E-state index in [9.17, 15) is 9.90 Å². The van der Waals surface area contributed by atoms with E-state index in [4.69, 9.17) is 0 Å². The fourth-order valence-corrected chi connectivity index (χ4v) is 1.83. The molecule has 0 aromatic carbocycles. The van der Waals surface area contributed by atoms with E-state index in [2.05, 4.69) is 19.2 Å². The molecule has 0 aliphatic rings. The van der Waals surface area contributed by atoms with Crippen LogP contribution < -0.4 is 5.32 Å². The van der Waals surface area contributed by atoms with Crippen molar-refractivity contribution in [2.75, 3.05) is 6.61 Å². The summed E-state index contributed by atoms with van der Waals surface area (Å²) < 4.78 is 0. The molecule has 96 valence electrons. The molecule has 0 radical (unpaired) electrons. The second-order valence-corrected chi connectivity index (χ2v) is 4.82. The third-order valence-electron chi connectivity index (χ3n) is 2.97. The van der Waals surface area contributed by atoms with Gasteiger partial charge in [-0.05, 0) is 18.8 Å². The largest absolute Gasteiger partial charge is 0.394 e. The molecule has 0 spiro atoms. The van der Waals surface area contributed by atoms with E-state index in [1.165, 1.54) is 0 Å². The van der Waals surface area contributed by atoms with Crippen molar-refractivity contribution in [2.24, 2.45) is 11.8 Å². The van der Waals surface area contributed by atoms with E-state index in [1.807, 2.05) is 13.8 Å². The first-order chi connectivity index (χ1) is 7.56. The maximum absolute atomic E-state index is 12.0. The van der Waals surface area contributed by atoms with E-state index >= 15 is 0 Å². The molecule has 0 saturated carbocycles. The molecule has 1 atom stereocenters. The highest BCUT2D eigenvalue weighted by atomic mass is 16.3. The van der Waals surface area contributed by atoms with Crippen molar-refractivity contribution in [3.05, 3.63) is 0 Å². The Balaban J connectivity index is 4.26. The quantitative estimate of drug-likeness (QED) is 0.671. The fourth-order valence-electron chi connectivity index (χ4n) is 1.83. The van der Waals surface area contributed by atoms with Gasteiger partial charge in [-0.15, -0.1) is 0 Å². The summed E-state index contributed by atoms with van der Waals surface area (Å²) in [6.07, 6.45) is 3.94. The molecule has 2 N–H and O–H groups in total. The molecule has 1 amide bonds. The SMILES string of the molecule is CCCC(CCC)C(=O)NC(CO)C(C)C. The fraction of sp³-hybridized carbons (Fsp3) is 0.923. The van der Waals surface area contributed by atoms with Crippen LogP contribution in [0.1, 0.15) is 53.4 Å². The maximum Gasteiger partial charge on any atom is 0.223 e. The Bertz CT molecular complexity index is 186. The number of aliphatic hydroxyl groups is 1. The Morgan fingerprint density at radius 1 is 1.19 bits per heavy atom.